The van der Waals surface area contributed by atoms with Crippen molar-refractivity contribution in [2.24, 2.45) is 0 Å². The van der Waals surface area contributed by atoms with Crippen molar-refractivity contribution < 1.29 is 28.6 Å². The molecular weight excluding hydrogens is 937 g/mol. The molecule has 0 amide bonds. The minimum Gasteiger partial charge on any atom is -0.462 e. The quantitative estimate of drug-likeness (QED) is 0.0261. The zero-order valence-corrected chi connectivity index (χ0v) is 50.3. The average molecular weight is 1060 g/mol. The Morgan fingerprint density at radius 2 is 0.539 bits per heavy atom. The van der Waals surface area contributed by atoms with Gasteiger partial charge in [-0.05, 0) is 109 Å². The number of hydrogen-bond acceptors (Lipinski definition) is 6. The van der Waals surface area contributed by atoms with Gasteiger partial charge < -0.3 is 14.2 Å². The highest BCUT2D eigenvalue weighted by Crippen LogP contribution is 2.17. The highest BCUT2D eigenvalue weighted by molar-refractivity contribution is 5.71. The van der Waals surface area contributed by atoms with Crippen molar-refractivity contribution in [3.05, 3.63) is 85.1 Å². The van der Waals surface area contributed by atoms with Crippen molar-refractivity contribution in [1.29, 1.82) is 0 Å². The molecule has 6 nitrogen and oxygen atoms in total. The van der Waals surface area contributed by atoms with E-state index in [1.807, 2.05) is 0 Å². The van der Waals surface area contributed by atoms with Gasteiger partial charge in [-0.15, -0.1) is 0 Å². The lowest BCUT2D eigenvalue weighted by atomic mass is 10.0. The van der Waals surface area contributed by atoms with Gasteiger partial charge in [0.1, 0.15) is 13.2 Å². The lowest BCUT2D eigenvalue weighted by Crippen LogP contribution is -2.30. The Labute approximate surface area is 471 Å². The number of carbonyl (C=O) groups is 3. The SMILES string of the molecule is CC/C=C\C/C=C\C/C=C\C/C=C\C/C=C\CCCCCC(=O)OC(COC(=O)CCCCCCC/C=C\CCC)COC(=O)CCCCCCCCCCCCCCCCCCC/C=C\CCCCCCCCCC. The first-order valence-corrected chi connectivity index (χ1v) is 32.6. The fourth-order valence-corrected chi connectivity index (χ4v) is 9.23. The smallest absolute Gasteiger partial charge is 0.306 e. The number of esters is 3. The fraction of sp³-hybridized carbons (Fsp3) is 0.757. The number of hydrogen-bond donors (Lipinski definition) is 0. The van der Waals surface area contributed by atoms with E-state index in [0.29, 0.717) is 12.8 Å². The van der Waals surface area contributed by atoms with Gasteiger partial charge in [0.05, 0.1) is 0 Å². The fourth-order valence-electron chi connectivity index (χ4n) is 9.23. The maximum Gasteiger partial charge on any atom is 0.306 e. The molecule has 0 spiro atoms. The van der Waals surface area contributed by atoms with E-state index in [9.17, 15) is 14.4 Å². The van der Waals surface area contributed by atoms with Crippen LogP contribution in [0.1, 0.15) is 323 Å². The second kappa shape index (κ2) is 64.1. The van der Waals surface area contributed by atoms with Gasteiger partial charge in [0.2, 0.25) is 0 Å². The van der Waals surface area contributed by atoms with Crippen LogP contribution in [0.5, 0.6) is 0 Å². The Bertz CT molecular complexity index is 1450. The molecule has 0 rings (SSSR count). The van der Waals surface area contributed by atoms with Crippen LogP contribution < -0.4 is 0 Å². The average Bonchev–Trinajstić information content (AvgIpc) is 3.42. The molecule has 1 unspecified atom stereocenters. The molecule has 0 heterocycles. The van der Waals surface area contributed by atoms with E-state index in [-0.39, 0.29) is 37.5 Å². The lowest BCUT2D eigenvalue weighted by Gasteiger charge is -2.18. The van der Waals surface area contributed by atoms with Crippen LogP contribution in [0, 0.1) is 0 Å². The Balaban J connectivity index is 4.20. The van der Waals surface area contributed by atoms with Crippen molar-refractivity contribution in [3.8, 4) is 0 Å². The number of allylic oxidation sites excluding steroid dienone is 14. The predicted molar refractivity (Wildman–Crippen MR) is 330 cm³/mol. The molecule has 438 valence electrons. The van der Waals surface area contributed by atoms with Gasteiger partial charge in [0, 0.05) is 19.3 Å². The van der Waals surface area contributed by atoms with E-state index in [2.05, 4.69) is 106 Å². The van der Waals surface area contributed by atoms with Gasteiger partial charge in [-0.1, -0.05) is 279 Å². The summed E-state index contributed by atoms with van der Waals surface area (Å²) in [7, 11) is 0. The van der Waals surface area contributed by atoms with E-state index < -0.39 is 6.10 Å². The molecule has 0 aliphatic heterocycles. The zero-order chi connectivity index (χ0) is 55.0. The van der Waals surface area contributed by atoms with E-state index in [1.165, 1.54) is 167 Å². The molecule has 0 saturated heterocycles. The molecule has 0 aromatic rings. The number of ether oxygens (including phenoxy) is 3. The van der Waals surface area contributed by atoms with Crippen LogP contribution in [0.25, 0.3) is 0 Å². The molecule has 0 aromatic heterocycles. The second-order valence-electron chi connectivity index (χ2n) is 21.6. The van der Waals surface area contributed by atoms with E-state index in [1.54, 1.807) is 0 Å². The first-order valence-electron chi connectivity index (χ1n) is 32.6. The largest absolute Gasteiger partial charge is 0.462 e. The van der Waals surface area contributed by atoms with Crippen LogP contribution in [0.3, 0.4) is 0 Å². The maximum absolute atomic E-state index is 12.9. The van der Waals surface area contributed by atoms with Crippen molar-refractivity contribution in [3.63, 3.8) is 0 Å². The molecule has 0 aromatic carbocycles. The molecule has 0 aliphatic carbocycles. The molecule has 0 bridgehead atoms. The topological polar surface area (TPSA) is 78.9 Å². The highest BCUT2D eigenvalue weighted by atomic mass is 16.6. The lowest BCUT2D eigenvalue weighted by molar-refractivity contribution is -0.167. The molecule has 0 saturated carbocycles. The van der Waals surface area contributed by atoms with Crippen molar-refractivity contribution in [2.75, 3.05) is 13.2 Å². The first kappa shape index (κ1) is 72.6. The Kier molecular flexibility index (Phi) is 61.2. The summed E-state index contributed by atoms with van der Waals surface area (Å²) in [4.78, 5) is 38.2. The second-order valence-corrected chi connectivity index (χ2v) is 21.6. The molecule has 0 fully saturated rings. The van der Waals surface area contributed by atoms with Crippen molar-refractivity contribution >= 4 is 17.9 Å². The number of unbranched alkanes of at least 4 members (excludes halogenated alkanes) is 34. The third-order valence-corrected chi connectivity index (χ3v) is 14.1. The molecule has 0 aliphatic rings. The monoisotopic (exact) mass is 1060 g/mol. The number of rotatable bonds is 59. The molecular formula is C70H122O6. The summed E-state index contributed by atoms with van der Waals surface area (Å²) in [5.74, 6) is -0.925. The summed E-state index contributed by atoms with van der Waals surface area (Å²) in [5, 5.41) is 0. The van der Waals surface area contributed by atoms with Gasteiger partial charge in [-0.2, -0.15) is 0 Å². The predicted octanol–water partition coefficient (Wildman–Crippen LogP) is 22.3. The van der Waals surface area contributed by atoms with E-state index in [0.717, 1.165) is 116 Å². The van der Waals surface area contributed by atoms with Crippen molar-refractivity contribution in [1.82, 2.24) is 0 Å². The van der Waals surface area contributed by atoms with Gasteiger partial charge in [-0.25, -0.2) is 0 Å². The maximum atomic E-state index is 12.9. The highest BCUT2D eigenvalue weighted by Gasteiger charge is 2.19. The van der Waals surface area contributed by atoms with Gasteiger partial charge in [0.15, 0.2) is 6.10 Å². The molecule has 1 atom stereocenters. The van der Waals surface area contributed by atoms with Crippen LogP contribution in [0.15, 0.2) is 85.1 Å². The van der Waals surface area contributed by atoms with Crippen molar-refractivity contribution in [2.45, 2.75) is 329 Å². The summed E-state index contributed by atoms with van der Waals surface area (Å²) in [6.07, 6.45) is 84.8. The minimum atomic E-state index is -0.797. The zero-order valence-electron chi connectivity index (χ0n) is 50.3. The van der Waals surface area contributed by atoms with Crippen LogP contribution in [0.2, 0.25) is 0 Å². The summed E-state index contributed by atoms with van der Waals surface area (Å²) in [5.41, 5.74) is 0. The third kappa shape index (κ3) is 61.4. The van der Waals surface area contributed by atoms with Gasteiger partial charge in [-0.3, -0.25) is 14.4 Å². The van der Waals surface area contributed by atoms with Crippen LogP contribution in [-0.4, -0.2) is 37.2 Å². The summed E-state index contributed by atoms with van der Waals surface area (Å²) >= 11 is 0. The molecule has 0 radical (unpaired) electrons. The molecule has 6 heteroatoms. The Hall–Kier alpha value is -3.41. The van der Waals surface area contributed by atoms with Gasteiger partial charge in [0.25, 0.3) is 0 Å². The first-order chi connectivity index (χ1) is 37.5. The van der Waals surface area contributed by atoms with Crippen LogP contribution >= 0.6 is 0 Å². The summed E-state index contributed by atoms with van der Waals surface area (Å²) in [6.45, 7) is 6.46. The molecule has 76 heavy (non-hydrogen) atoms. The summed E-state index contributed by atoms with van der Waals surface area (Å²) < 4.78 is 16.9. The normalized spacial score (nSPS) is 12.6. The van der Waals surface area contributed by atoms with Crippen LogP contribution in [0.4, 0.5) is 0 Å². The third-order valence-electron chi connectivity index (χ3n) is 14.1. The Morgan fingerprint density at radius 1 is 0.276 bits per heavy atom. The minimum absolute atomic E-state index is 0.0909. The van der Waals surface area contributed by atoms with Crippen LogP contribution in [-0.2, 0) is 28.6 Å². The number of carbonyl (C=O) groups excluding carboxylic acids is 3. The van der Waals surface area contributed by atoms with Gasteiger partial charge >= 0.3 is 17.9 Å². The molecule has 0 N–H and O–H groups in total. The standard InChI is InChI=1S/C70H122O6/c1-4-7-10-13-16-19-22-24-26-28-30-31-32-33-34-35-36-37-38-39-41-42-44-46-48-51-54-57-60-63-69(72)75-66-67(65-74-68(71)62-59-56-53-50-21-18-15-12-9-6-3)76-70(73)64-61-58-55-52-49-47-45-43-40-29-27-25-23-20-17-14-11-8-5-2/h8,11-12,15,17,20,25,27-28,30,40,43,47,49,67H,4-7,9-10,13-14,16,18-19,21-24,26,29,31-39,41-42,44-46,48,50-66H2,1-3H3/b11-8-,15-12-,20-17-,27-25-,30-28-,43-40-,49-47-. The van der Waals surface area contributed by atoms with E-state index >= 15 is 0 Å². The Morgan fingerprint density at radius 3 is 0.882 bits per heavy atom. The summed E-state index contributed by atoms with van der Waals surface area (Å²) in [6, 6.07) is 0. The van der Waals surface area contributed by atoms with E-state index in [4.69, 9.17) is 14.2 Å².